The predicted octanol–water partition coefficient (Wildman–Crippen LogP) is -0.423. The highest BCUT2D eigenvalue weighted by molar-refractivity contribution is 5.97. The second kappa shape index (κ2) is 6.01. The van der Waals surface area contributed by atoms with Gasteiger partial charge in [-0.15, -0.1) is 0 Å². The Bertz CT molecular complexity index is 555. The number of piperazine rings is 1. The van der Waals surface area contributed by atoms with Gasteiger partial charge in [0.25, 0.3) is 5.91 Å². The Balaban J connectivity index is 1.55. The van der Waals surface area contributed by atoms with Crippen molar-refractivity contribution in [3.05, 3.63) is 23.8 Å². The highest BCUT2D eigenvalue weighted by Gasteiger charge is 2.19. The van der Waals surface area contributed by atoms with Crippen molar-refractivity contribution < 1.29 is 19.1 Å². The monoisotopic (exact) mass is 291 g/mol. The topological polar surface area (TPSA) is 79.9 Å². The zero-order valence-electron chi connectivity index (χ0n) is 11.6. The van der Waals surface area contributed by atoms with Gasteiger partial charge in [0.15, 0.2) is 11.5 Å². The number of rotatable bonds is 3. The van der Waals surface area contributed by atoms with Crippen LogP contribution in [0, 0.1) is 0 Å². The summed E-state index contributed by atoms with van der Waals surface area (Å²) in [5.74, 6) is 0.821. The fourth-order valence-electron chi connectivity index (χ4n) is 2.32. The molecule has 0 aliphatic carbocycles. The lowest BCUT2D eigenvalue weighted by atomic mass is 10.2. The van der Waals surface area contributed by atoms with Crippen molar-refractivity contribution in [2.45, 2.75) is 0 Å². The molecule has 2 amide bonds. The number of amides is 2. The van der Waals surface area contributed by atoms with Crippen LogP contribution in [0.2, 0.25) is 0 Å². The van der Waals surface area contributed by atoms with Crippen LogP contribution >= 0.6 is 0 Å². The van der Waals surface area contributed by atoms with Gasteiger partial charge in [-0.05, 0) is 18.2 Å². The number of fused-ring (bicyclic) bond motifs is 1. The Morgan fingerprint density at radius 3 is 2.76 bits per heavy atom. The summed E-state index contributed by atoms with van der Waals surface area (Å²) in [6, 6.07) is 4.96. The molecule has 21 heavy (non-hydrogen) atoms. The van der Waals surface area contributed by atoms with Gasteiger partial charge in [-0.1, -0.05) is 0 Å². The highest BCUT2D eigenvalue weighted by atomic mass is 16.7. The molecule has 0 radical (unpaired) electrons. The summed E-state index contributed by atoms with van der Waals surface area (Å²) in [7, 11) is 0. The van der Waals surface area contributed by atoms with E-state index in [0.717, 1.165) is 13.1 Å². The summed E-state index contributed by atoms with van der Waals surface area (Å²) >= 11 is 0. The summed E-state index contributed by atoms with van der Waals surface area (Å²) in [6.07, 6.45) is 0. The average molecular weight is 291 g/mol. The van der Waals surface area contributed by atoms with Crippen LogP contribution in [0.15, 0.2) is 18.2 Å². The maximum atomic E-state index is 12.0. The lowest BCUT2D eigenvalue weighted by molar-refractivity contribution is -0.130. The van der Waals surface area contributed by atoms with Gasteiger partial charge in [-0.2, -0.15) is 0 Å². The number of hydrogen-bond donors (Lipinski definition) is 2. The molecule has 2 aliphatic rings. The largest absolute Gasteiger partial charge is 0.454 e. The van der Waals surface area contributed by atoms with Gasteiger partial charge in [0, 0.05) is 31.7 Å². The van der Waals surface area contributed by atoms with E-state index in [2.05, 4.69) is 10.6 Å². The first kappa shape index (κ1) is 13.7. The van der Waals surface area contributed by atoms with Crippen LogP contribution in [0.1, 0.15) is 10.4 Å². The number of carbonyl (C=O) groups is 2. The molecule has 7 nitrogen and oxygen atoms in total. The summed E-state index contributed by atoms with van der Waals surface area (Å²) in [4.78, 5) is 25.7. The zero-order chi connectivity index (χ0) is 14.7. The molecule has 2 aliphatic heterocycles. The summed E-state index contributed by atoms with van der Waals surface area (Å²) in [5, 5.41) is 5.82. The minimum absolute atomic E-state index is 0.00722. The molecule has 112 valence electrons. The molecule has 0 unspecified atom stereocenters. The number of benzene rings is 1. The van der Waals surface area contributed by atoms with Crippen molar-refractivity contribution >= 4 is 11.8 Å². The van der Waals surface area contributed by atoms with Crippen molar-refractivity contribution in [2.75, 3.05) is 39.5 Å². The maximum Gasteiger partial charge on any atom is 0.251 e. The first-order valence-corrected chi connectivity index (χ1v) is 6.90. The molecule has 1 aromatic carbocycles. The zero-order valence-corrected chi connectivity index (χ0v) is 11.6. The SMILES string of the molecule is O=C(NCC(=O)N1CCNCC1)c1ccc2c(c1)OCO2. The molecule has 2 N–H and O–H groups in total. The molecule has 1 saturated heterocycles. The van der Waals surface area contributed by atoms with Crippen molar-refractivity contribution in [1.82, 2.24) is 15.5 Å². The molecule has 0 aromatic heterocycles. The van der Waals surface area contributed by atoms with Crippen LogP contribution in [0.25, 0.3) is 0 Å². The lowest BCUT2D eigenvalue weighted by Gasteiger charge is -2.27. The number of hydrogen-bond acceptors (Lipinski definition) is 5. The summed E-state index contributed by atoms with van der Waals surface area (Å²) in [5.41, 5.74) is 0.451. The second-order valence-electron chi connectivity index (χ2n) is 4.88. The van der Waals surface area contributed by atoms with Crippen molar-refractivity contribution in [1.29, 1.82) is 0 Å². The molecule has 0 bridgehead atoms. The minimum Gasteiger partial charge on any atom is -0.454 e. The minimum atomic E-state index is -0.295. The van der Waals surface area contributed by atoms with Crippen molar-refractivity contribution in [3.8, 4) is 11.5 Å². The smallest absolute Gasteiger partial charge is 0.251 e. The predicted molar refractivity (Wildman–Crippen MR) is 74.3 cm³/mol. The van der Waals surface area contributed by atoms with Gasteiger partial charge in [-0.25, -0.2) is 0 Å². The third-order valence-corrected chi connectivity index (χ3v) is 3.50. The van der Waals surface area contributed by atoms with Crippen molar-refractivity contribution in [3.63, 3.8) is 0 Å². The molecule has 7 heteroatoms. The average Bonchev–Trinajstić information content (AvgIpc) is 3.00. The van der Waals surface area contributed by atoms with Crippen molar-refractivity contribution in [2.24, 2.45) is 0 Å². The van der Waals surface area contributed by atoms with E-state index in [1.807, 2.05) is 0 Å². The number of carbonyl (C=O) groups excluding carboxylic acids is 2. The molecule has 1 fully saturated rings. The quantitative estimate of drug-likeness (QED) is 0.790. The Labute approximate surface area is 122 Å². The van der Waals surface area contributed by atoms with Crippen LogP contribution in [0.5, 0.6) is 11.5 Å². The highest BCUT2D eigenvalue weighted by Crippen LogP contribution is 2.32. The second-order valence-corrected chi connectivity index (χ2v) is 4.88. The molecule has 1 aromatic rings. The molecule has 0 spiro atoms. The molecule has 3 rings (SSSR count). The van der Waals surface area contributed by atoms with Crippen LogP contribution in [-0.4, -0.2) is 56.2 Å². The Morgan fingerprint density at radius 1 is 1.19 bits per heavy atom. The van der Waals surface area contributed by atoms with Gasteiger partial charge < -0.3 is 25.0 Å². The van der Waals surface area contributed by atoms with E-state index in [1.165, 1.54) is 0 Å². The Hall–Kier alpha value is -2.28. The molecule has 0 atom stereocenters. The van der Waals surface area contributed by atoms with E-state index < -0.39 is 0 Å². The van der Waals surface area contributed by atoms with Gasteiger partial charge in [0.1, 0.15) is 0 Å². The van der Waals surface area contributed by atoms with Gasteiger partial charge in [0.2, 0.25) is 12.7 Å². The normalized spacial score (nSPS) is 16.7. The standard InChI is InChI=1S/C14H17N3O4/c18-13(17-5-3-15-4-6-17)8-16-14(19)10-1-2-11-12(7-10)21-9-20-11/h1-2,7,15H,3-6,8-9H2,(H,16,19). The van der Waals surface area contributed by atoms with E-state index in [1.54, 1.807) is 23.1 Å². The third-order valence-electron chi connectivity index (χ3n) is 3.50. The first-order valence-electron chi connectivity index (χ1n) is 6.90. The van der Waals surface area contributed by atoms with E-state index >= 15 is 0 Å². The summed E-state index contributed by atoms with van der Waals surface area (Å²) < 4.78 is 10.4. The van der Waals surface area contributed by atoms with Gasteiger partial charge >= 0.3 is 0 Å². The van der Waals surface area contributed by atoms with Gasteiger partial charge in [0.05, 0.1) is 6.54 Å². The molecular weight excluding hydrogens is 274 g/mol. The Morgan fingerprint density at radius 2 is 1.95 bits per heavy atom. The third kappa shape index (κ3) is 3.08. The first-order chi connectivity index (χ1) is 10.2. The van der Waals surface area contributed by atoms with E-state index in [4.69, 9.17) is 9.47 Å². The fourth-order valence-corrected chi connectivity index (χ4v) is 2.32. The van der Waals surface area contributed by atoms with Crippen LogP contribution in [0.3, 0.4) is 0 Å². The summed E-state index contributed by atoms with van der Waals surface area (Å²) in [6.45, 7) is 3.12. The van der Waals surface area contributed by atoms with Crippen LogP contribution in [-0.2, 0) is 4.79 Å². The molecular formula is C14H17N3O4. The maximum absolute atomic E-state index is 12.0. The van der Waals surface area contributed by atoms with Gasteiger partial charge in [-0.3, -0.25) is 9.59 Å². The number of ether oxygens (including phenoxy) is 2. The molecule has 0 saturated carbocycles. The number of nitrogens with one attached hydrogen (secondary N) is 2. The molecule has 2 heterocycles. The van der Waals surface area contributed by atoms with Crippen LogP contribution in [0.4, 0.5) is 0 Å². The fraction of sp³-hybridized carbons (Fsp3) is 0.429. The van der Waals surface area contributed by atoms with E-state index in [-0.39, 0.29) is 25.2 Å². The van der Waals surface area contributed by atoms with Crippen LogP contribution < -0.4 is 20.1 Å². The lowest BCUT2D eigenvalue weighted by Crippen LogP contribution is -2.49. The van der Waals surface area contributed by atoms with E-state index in [9.17, 15) is 9.59 Å². The van der Waals surface area contributed by atoms with E-state index in [0.29, 0.717) is 30.2 Å². The number of nitrogens with zero attached hydrogens (tertiary/aromatic N) is 1. The Kier molecular flexibility index (Phi) is 3.92.